The molecule has 0 saturated carbocycles. The van der Waals surface area contributed by atoms with Gasteiger partial charge in [0, 0.05) is 25.7 Å². The van der Waals surface area contributed by atoms with Crippen LogP contribution < -0.4 is 0 Å². The average Bonchev–Trinajstić information content (AvgIpc) is 3.29. The second-order valence-electron chi connectivity index (χ2n) is 8.76. The number of nitrogens with zero attached hydrogens (tertiary/aromatic N) is 2. The van der Waals surface area contributed by atoms with Crippen LogP contribution in [0.3, 0.4) is 0 Å². The lowest BCUT2D eigenvalue weighted by Crippen LogP contribution is -2.46. The number of benzene rings is 2. The molecular formula is C24H28Cl2N2O5S. The number of hydrogen-bond acceptors (Lipinski definition) is 5. The van der Waals surface area contributed by atoms with Crippen molar-refractivity contribution in [3.63, 3.8) is 0 Å². The van der Waals surface area contributed by atoms with Gasteiger partial charge in [-0.15, -0.1) is 0 Å². The molecule has 7 nitrogen and oxygen atoms in total. The molecule has 184 valence electrons. The molecule has 34 heavy (non-hydrogen) atoms. The maximum Gasteiger partial charge on any atom is 0.248 e. The van der Waals surface area contributed by atoms with Crippen LogP contribution in [0, 0.1) is 0 Å². The molecule has 0 aliphatic carbocycles. The molecule has 1 amide bonds. The van der Waals surface area contributed by atoms with E-state index in [9.17, 15) is 18.3 Å². The van der Waals surface area contributed by atoms with Gasteiger partial charge in [0.25, 0.3) is 0 Å². The van der Waals surface area contributed by atoms with Crippen LogP contribution in [0.1, 0.15) is 31.2 Å². The lowest BCUT2D eigenvalue weighted by Gasteiger charge is -2.38. The molecule has 1 unspecified atom stereocenters. The largest absolute Gasteiger partial charge is 0.385 e. The molecule has 0 spiro atoms. The predicted octanol–water partition coefficient (Wildman–Crippen LogP) is 3.67. The van der Waals surface area contributed by atoms with Crippen LogP contribution in [0.15, 0.2) is 53.4 Å². The van der Waals surface area contributed by atoms with E-state index < -0.39 is 21.7 Å². The van der Waals surface area contributed by atoms with Crippen molar-refractivity contribution in [2.75, 3.05) is 32.8 Å². The molecule has 2 aromatic carbocycles. The molecule has 2 saturated heterocycles. The third-order valence-electron chi connectivity index (χ3n) is 6.60. The first-order valence-corrected chi connectivity index (χ1v) is 13.5. The van der Waals surface area contributed by atoms with Crippen LogP contribution in [0.2, 0.25) is 10.0 Å². The minimum atomic E-state index is -3.89. The van der Waals surface area contributed by atoms with Crippen LogP contribution in [0.4, 0.5) is 0 Å². The van der Waals surface area contributed by atoms with E-state index in [-0.39, 0.29) is 34.1 Å². The number of ether oxygens (including phenoxy) is 1. The third-order valence-corrected chi connectivity index (χ3v) is 9.51. The van der Waals surface area contributed by atoms with E-state index in [1.807, 2.05) is 30.3 Å². The zero-order chi connectivity index (χ0) is 24.3. The summed E-state index contributed by atoms with van der Waals surface area (Å²) in [6.07, 6.45) is 2.22. The molecule has 2 aliphatic heterocycles. The molecule has 0 aromatic heterocycles. The number of carbonyl (C=O) groups excluding carboxylic acids is 1. The molecule has 1 atom stereocenters. The number of rotatable bonds is 7. The topological polar surface area (TPSA) is 87.2 Å². The van der Waals surface area contributed by atoms with Crippen LogP contribution in [0.5, 0.6) is 0 Å². The van der Waals surface area contributed by atoms with E-state index in [0.717, 1.165) is 5.56 Å². The van der Waals surface area contributed by atoms with Gasteiger partial charge in [-0.05, 0) is 43.4 Å². The molecule has 2 aromatic rings. The number of carbonyl (C=O) groups is 1. The minimum Gasteiger partial charge on any atom is -0.385 e. The summed E-state index contributed by atoms with van der Waals surface area (Å²) in [5.41, 5.74) is -0.0723. The van der Waals surface area contributed by atoms with Gasteiger partial charge < -0.3 is 14.7 Å². The second kappa shape index (κ2) is 10.5. The number of sulfonamides is 1. The standard InChI is InChI=1S/C24H28Cl2N2O5S/c25-20-9-4-10-21(26)23(20)34(31,32)28-13-5-8-19(28)16-33-17-22(29)27-14-11-24(30,12-15-27)18-6-2-1-3-7-18/h1-4,6-7,9-10,19,30H,5,8,11-17H2. The lowest BCUT2D eigenvalue weighted by atomic mass is 9.84. The molecule has 1 N–H and O–H groups in total. The quantitative estimate of drug-likeness (QED) is 0.594. The van der Waals surface area contributed by atoms with Crippen molar-refractivity contribution in [1.82, 2.24) is 9.21 Å². The van der Waals surface area contributed by atoms with Crippen molar-refractivity contribution in [2.45, 2.75) is 42.2 Å². The highest BCUT2D eigenvalue weighted by molar-refractivity contribution is 7.89. The summed E-state index contributed by atoms with van der Waals surface area (Å²) in [6, 6.07) is 13.7. The zero-order valence-electron chi connectivity index (χ0n) is 18.7. The van der Waals surface area contributed by atoms with Crippen LogP contribution >= 0.6 is 23.2 Å². The van der Waals surface area contributed by atoms with E-state index >= 15 is 0 Å². The minimum absolute atomic E-state index is 0.0785. The first kappa shape index (κ1) is 25.4. The van der Waals surface area contributed by atoms with Gasteiger partial charge >= 0.3 is 0 Å². The van der Waals surface area contributed by atoms with Gasteiger partial charge in [-0.25, -0.2) is 8.42 Å². The number of piperidine rings is 1. The number of aliphatic hydroxyl groups is 1. The summed E-state index contributed by atoms with van der Waals surface area (Å²) >= 11 is 12.3. The van der Waals surface area contributed by atoms with E-state index in [0.29, 0.717) is 45.3 Å². The van der Waals surface area contributed by atoms with Crippen molar-refractivity contribution in [2.24, 2.45) is 0 Å². The third kappa shape index (κ3) is 5.27. The Morgan fingerprint density at radius 3 is 2.32 bits per heavy atom. The number of halogens is 2. The van der Waals surface area contributed by atoms with E-state index in [4.69, 9.17) is 27.9 Å². The summed E-state index contributed by atoms with van der Waals surface area (Å²) in [5.74, 6) is -0.170. The monoisotopic (exact) mass is 526 g/mol. The van der Waals surface area contributed by atoms with Crippen LogP contribution in [-0.4, -0.2) is 67.5 Å². The fraction of sp³-hybridized carbons (Fsp3) is 0.458. The van der Waals surface area contributed by atoms with Crippen molar-refractivity contribution in [3.8, 4) is 0 Å². The lowest BCUT2D eigenvalue weighted by molar-refractivity contribution is -0.141. The fourth-order valence-corrected chi connectivity index (χ4v) is 7.45. The summed E-state index contributed by atoms with van der Waals surface area (Å²) in [6.45, 7) is 1.18. The highest BCUT2D eigenvalue weighted by atomic mass is 35.5. The Morgan fingerprint density at radius 2 is 1.68 bits per heavy atom. The van der Waals surface area contributed by atoms with Crippen molar-refractivity contribution in [1.29, 1.82) is 0 Å². The molecule has 2 fully saturated rings. The van der Waals surface area contributed by atoms with E-state index in [2.05, 4.69) is 0 Å². The first-order chi connectivity index (χ1) is 16.2. The highest BCUT2D eigenvalue weighted by Crippen LogP contribution is 2.35. The molecule has 0 bridgehead atoms. The molecule has 2 heterocycles. The van der Waals surface area contributed by atoms with E-state index in [1.165, 1.54) is 16.4 Å². The summed E-state index contributed by atoms with van der Waals surface area (Å²) in [4.78, 5) is 14.2. The van der Waals surface area contributed by atoms with Gasteiger partial charge in [0.2, 0.25) is 15.9 Å². The zero-order valence-corrected chi connectivity index (χ0v) is 21.0. The van der Waals surface area contributed by atoms with Gasteiger partial charge in [0.15, 0.2) is 0 Å². The highest BCUT2D eigenvalue weighted by Gasteiger charge is 2.38. The Labute approximate surface area is 210 Å². The molecule has 0 radical (unpaired) electrons. The smallest absolute Gasteiger partial charge is 0.248 e. The van der Waals surface area contributed by atoms with Gasteiger partial charge in [-0.2, -0.15) is 4.31 Å². The number of hydrogen-bond donors (Lipinski definition) is 1. The van der Waals surface area contributed by atoms with Crippen molar-refractivity contribution < 1.29 is 23.1 Å². The van der Waals surface area contributed by atoms with Crippen LogP contribution in [0.25, 0.3) is 0 Å². The predicted molar refractivity (Wildman–Crippen MR) is 130 cm³/mol. The molecular weight excluding hydrogens is 499 g/mol. The molecule has 2 aliphatic rings. The maximum absolute atomic E-state index is 13.2. The maximum atomic E-state index is 13.2. The molecule has 4 rings (SSSR count). The Morgan fingerprint density at radius 1 is 1.03 bits per heavy atom. The second-order valence-corrected chi connectivity index (χ2v) is 11.4. The SMILES string of the molecule is O=C(COCC1CCCN1S(=O)(=O)c1c(Cl)cccc1Cl)N1CCC(O)(c2ccccc2)CC1. The normalized spacial score (nSPS) is 21.0. The van der Waals surface area contributed by atoms with Crippen LogP contribution in [-0.2, 0) is 25.2 Å². The van der Waals surface area contributed by atoms with Gasteiger partial charge in [0.05, 0.1) is 22.3 Å². The Kier molecular flexibility index (Phi) is 7.86. The number of likely N-dealkylation sites (tertiary alicyclic amines) is 1. The average molecular weight is 527 g/mol. The van der Waals surface area contributed by atoms with E-state index in [1.54, 1.807) is 11.0 Å². The Bertz CT molecular complexity index is 1100. The van der Waals surface area contributed by atoms with Crippen molar-refractivity contribution in [3.05, 3.63) is 64.1 Å². The fourth-order valence-electron chi connectivity index (χ4n) is 4.68. The number of amides is 1. The summed E-state index contributed by atoms with van der Waals surface area (Å²) < 4.78 is 33.5. The Hall–Kier alpha value is -1.68. The summed E-state index contributed by atoms with van der Waals surface area (Å²) in [7, 11) is -3.89. The van der Waals surface area contributed by atoms with Gasteiger partial charge in [-0.3, -0.25) is 4.79 Å². The summed E-state index contributed by atoms with van der Waals surface area (Å²) in [5, 5.41) is 11.1. The van der Waals surface area contributed by atoms with Gasteiger partial charge in [-0.1, -0.05) is 59.6 Å². The van der Waals surface area contributed by atoms with Gasteiger partial charge in [0.1, 0.15) is 11.5 Å². The molecule has 10 heteroatoms. The first-order valence-electron chi connectivity index (χ1n) is 11.3. The van der Waals surface area contributed by atoms with Crippen molar-refractivity contribution >= 4 is 39.1 Å². The Balaban J connectivity index is 1.31.